The largest absolute Gasteiger partial charge is 0.480 e. The molecule has 9 N–H and O–H groups in total. The van der Waals surface area contributed by atoms with E-state index >= 15 is 0 Å². The molecule has 0 fully saturated rings. The molecule has 6 atom stereocenters. The van der Waals surface area contributed by atoms with E-state index in [0.717, 1.165) is 0 Å². The molecule has 196 valence electrons. The molecule has 2 rings (SSSR count). The summed E-state index contributed by atoms with van der Waals surface area (Å²) in [5.74, 6) is -3.86. The number of benzene rings is 1. The number of aliphatic hydroxyl groups excluding tert-OH is 2. The van der Waals surface area contributed by atoms with Crippen LogP contribution in [0.1, 0.15) is 25.1 Å². The number of amides is 3. The fourth-order valence-corrected chi connectivity index (χ4v) is 3.28. The highest BCUT2D eigenvalue weighted by Gasteiger charge is 2.33. The van der Waals surface area contributed by atoms with Gasteiger partial charge in [0.2, 0.25) is 17.7 Å². The van der Waals surface area contributed by atoms with E-state index < -0.39 is 60.1 Å². The average Bonchev–Trinajstić information content (AvgIpc) is 3.34. The predicted molar refractivity (Wildman–Crippen MR) is 127 cm³/mol. The Morgan fingerprint density at radius 2 is 1.56 bits per heavy atom. The minimum absolute atomic E-state index is 0.0245. The van der Waals surface area contributed by atoms with E-state index in [0.29, 0.717) is 11.3 Å². The van der Waals surface area contributed by atoms with Crippen molar-refractivity contribution in [3.8, 4) is 0 Å². The third kappa shape index (κ3) is 8.45. The van der Waals surface area contributed by atoms with Crippen molar-refractivity contribution in [2.24, 2.45) is 5.73 Å². The molecule has 1 heterocycles. The van der Waals surface area contributed by atoms with E-state index in [1.54, 1.807) is 30.3 Å². The van der Waals surface area contributed by atoms with Gasteiger partial charge in [-0.1, -0.05) is 30.3 Å². The summed E-state index contributed by atoms with van der Waals surface area (Å²) in [4.78, 5) is 56.6. The van der Waals surface area contributed by atoms with Crippen molar-refractivity contribution in [3.63, 3.8) is 0 Å². The van der Waals surface area contributed by atoms with Crippen molar-refractivity contribution in [1.82, 2.24) is 25.9 Å². The van der Waals surface area contributed by atoms with Gasteiger partial charge in [-0.05, 0) is 19.4 Å². The van der Waals surface area contributed by atoms with Crippen molar-refractivity contribution < 1.29 is 34.5 Å². The maximum absolute atomic E-state index is 13.1. The van der Waals surface area contributed by atoms with Gasteiger partial charge in [-0.2, -0.15) is 0 Å². The highest BCUT2D eigenvalue weighted by Crippen LogP contribution is 2.07. The van der Waals surface area contributed by atoms with Crippen molar-refractivity contribution >= 4 is 23.7 Å². The van der Waals surface area contributed by atoms with Gasteiger partial charge in [0.05, 0.1) is 18.5 Å². The molecule has 36 heavy (non-hydrogen) atoms. The van der Waals surface area contributed by atoms with Gasteiger partial charge in [-0.25, -0.2) is 9.78 Å². The molecule has 0 saturated carbocycles. The van der Waals surface area contributed by atoms with E-state index in [1.807, 2.05) is 0 Å². The summed E-state index contributed by atoms with van der Waals surface area (Å²) in [6.45, 7) is 2.58. The molecule has 6 unspecified atom stereocenters. The highest BCUT2D eigenvalue weighted by atomic mass is 16.4. The number of carboxylic acid groups (broad SMARTS) is 1. The highest BCUT2D eigenvalue weighted by molar-refractivity contribution is 5.94. The zero-order valence-corrected chi connectivity index (χ0v) is 19.9. The normalized spacial score (nSPS) is 16.0. The molecule has 13 nitrogen and oxygen atoms in total. The second-order valence-corrected chi connectivity index (χ2v) is 8.42. The molecular formula is C23H32N6O7. The SMILES string of the molecule is CC(O)C(N)C(=O)NC(Cc1ccccc1)C(=O)NC(C(=O)NC(Cc1cnc[nH]1)C(=O)O)C(C)O. The number of aliphatic hydroxyl groups is 2. The Kier molecular flexibility index (Phi) is 10.5. The molecule has 0 radical (unpaired) electrons. The molecule has 0 aliphatic carbocycles. The van der Waals surface area contributed by atoms with Crippen LogP contribution < -0.4 is 21.7 Å². The lowest BCUT2D eigenvalue weighted by atomic mass is 10.0. The minimum atomic E-state index is -1.53. The first-order chi connectivity index (χ1) is 17.0. The summed E-state index contributed by atoms with van der Waals surface area (Å²) in [5.41, 5.74) is 6.82. The summed E-state index contributed by atoms with van der Waals surface area (Å²) in [6, 6.07) is 3.32. The number of nitrogens with two attached hydrogens (primary N) is 1. The molecule has 1 aromatic carbocycles. The Morgan fingerprint density at radius 3 is 2.08 bits per heavy atom. The number of carbonyl (C=O) groups is 4. The lowest BCUT2D eigenvalue weighted by Gasteiger charge is -2.27. The summed E-state index contributed by atoms with van der Waals surface area (Å²) in [5, 5.41) is 36.4. The van der Waals surface area contributed by atoms with Crippen molar-refractivity contribution in [2.45, 2.75) is 63.1 Å². The molecule has 0 bridgehead atoms. The monoisotopic (exact) mass is 504 g/mol. The summed E-state index contributed by atoms with van der Waals surface area (Å²) < 4.78 is 0. The molecular weight excluding hydrogens is 472 g/mol. The fourth-order valence-electron chi connectivity index (χ4n) is 3.28. The number of aromatic amines is 1. The van der Waals surface area contributed by atoms with Crippen LogP contribution in [0.4, 0.5) is 0 Å². The number of hydrogen-bond acceptors (Lipinski definition) is 8. The van der Waals surface area contributed by atoms with Crippen LogP contribution in [-0.4, -0.2) is 85.4 Å². The van der Waals surface area contributed by atoms with E-state index in [1.165, 1.54) is 26.4 Å². The number of nitrogens with zero attached hydrogens (tertiary/aromatic N) is 1. The third-order valence-corrected chi connectivity index (χ3v) is 5.39. The molecule has 3 amide bonds. The summed E-state index contributed by atoms with van der Waals surface area (Å²) >= 11 is 0. The second kappa shape index (κ2) is 13.3. The zero-order valence-electron chi connectivity index (χ0n) is 19.9. The maximum Gasteiger partial charge on any atom is 0.326 e. The van der Waals surface area contributed by atoms with Gasteiger partial charge in [0, 0.05) is 24.7 Å². The quantitative estimate of drug-likeness (QED) is 0.148. The van der Waals surface area contributed by atoms with Gasteiger partial charge >= 0.3 is 5.97 Å². The first kappa shape index (κ1) is 28.4. The molecule has 0 aliphatic rings. The number of carbonyl (C=O) groups excluding carboxylic acids is 3. The molecule has 2 aromatic rings. The number of carboxylic acids is 1. The van der Waals surface area contributed by atoms with E-state index in [-0.39, 0.29) is 12.8 Å². The first-order valence-electron chi connectivity index (χ1n) is 11.3. The Morgan fingerprint density at radius 1 is 0.917 bits per heavy atom. The lowest BCUT2D eigenvalue weighted by Crippen LogP contribution is -2.61. The number of hydrogen-bond donors (Lipinski definition) is 8. The van der Waals surface area contributed by atoms with Gasteiger partial charge in [-0.3, -0.25) is 14.4 Å². The average molecular weight is 505 g/mol. The molecule has 0 saturated heterocycles. The van der Waals surface area contributed by atoms with Crippen molar-refractivity contribution in [3.05, 3.63) is 54.1 Å². The van der Waals surface area contributed by atoms with Crippen LogP contribution >= 0.6 is 0 Å². The molecule has 1 aromatic heterocycles. The Labute approximate surface area is 207 Å². The number of aliphatic carboxylic acids is 1. The van der Waals surface area contributed by atoms with Crippen molar-refractivity contribution in [1.29, 1.82) is 0 Å². The minimum Gasteiger partial charge on any atom is -0.480 e. The van der Waals surface area contributed by atoms with Gasteiger partial charge in [0.1, 0.15) is 24.2 Å². The number of aromatic nitrogens is 2. The van der Waals surface area contributed by atoms with Crippen LogP contribution in [0.15, 0.2) is 42.9 Å². The summed E-state index contributed by atoms with van der Waals surface area (Å²) in [7, 11) is 0. The van der Waals surface area contributed by atoms with Crippen LogP contribution in [0.5, 0.6) is 0 Å². The van der Waals surface area contributed by atoms with Gasteiger partial charge < -0.3 is 42.0 Å². The maximum atomic E-state index is 13.1. The Balaban J connectivity index is 2.18. The lowest BCUT2D eigenvalue weighted by molar-refractivity contribution is -0.143. The smallest absolute Gasteiger partial charge is 0.326 e. The second-order valence-electron chi connectivity index (χ2n) is 8.42. The van der Waals surface area contributed by atoms with Crippen LogP contribution in [0.2, 0.25) is 0 Å². The Hall–Kier alpha value is -3.81. The number of imidazole rings is 1. The molecule has 0 spiro atoms. The first-order valence-corrected chi connectivity index (χ1v) is 11.3. The van der Waals surface area contributed by atoms with Crippen LogP contribution in [0.25, 0.3) is 0 Å². The number of H-pyrrole nitrogens is 1. The van der Waals surface area contributed by atoms with Crippen LogP contribution in [-0.2, 0) is 32.0 Å². The van der Waals surface area contributed by atoms with Gasteiger partial charge in [-0.15, -0.1) is 0 Å². The number of nitrogens with one attached hydrogen (secondary N) is 4. The topological polar surface area (TPSA) is 220 Å². The zero-order chi connectivity index (χ0) is 26.8. The van der Waals surface area contributed by atoms with E-state index in [4.69, 9.17) is 5.73 Å². The van der Waals surface area contributed by atoms with E-state index in [9.17, 15) is 34.5 Å². The Bertz CT molecular complexity index is 1010. The van der Waals surface area contributed by atoms with Crippen molar-refractivity contribution in [2.75, 3.05) is 0 Å². The predicted octanol–water partition coefficient (Wildman–Crippen LogP) is -2.18. The third-order valence-electron chi connectivity index (χ3n) is 5.39. The van der Waals surface area contributed by atoms with E-state index in [2.05, 4.69) is 25.9 Å². The summed E-state index contributed by atoms with van der Waals surface area (Å²) in [6.07, 6.45) is 0.111. The van der Waals surface area contributed by atoms with Gasteiger partial charge in [0.15, 0.2) is 0 Å². The molecule has 13 heteroatoms. The number of rotatable bonds is 13. The standard InChI is InChI=1S/C23H32N6O7/c1-12(30)18(24)21(33)27-16(8-14-6-4-3-5-7-14)20(32)29-19(13(2)31)22(34)28-17(23(35)36)9-15-10-25-11-26-15/h3-7,10-13,16-19,30-31H,8-9,24H2,1-2H3,(H,25,26)(H,27,33)(H,28,34)(H,29,32)(H,35,36). The van der Waals surface area contributed by atoms with Crippen LogP contribution in [0, 0.1) is 0 Å². The van der Waals surface area contributed by atoms with Crippen LogP contribution in [0.3, 0.4) is 0 Å². The fraction of sp³-hybridized carbons (Fsp3) is 0.435. The van der Waals surface area contributed by atoms with Gasteiger partial charge in [0.25, 0.3) is 0 Å². The molecule has 0 aliphatic heterocycles.